The molecule has 0 aliphatic rings. The highest BCUT2D eigenvalue weighted by Gasteiger charge is 2.37. The molecule has 0 fully saturated rings. The molecule has 0 saturated heterocycles. The normalized spacial score (nSPS) is 11.0. The largest absolute Gasteiger partial charge is 0.366 e. The van der Waals surface area contributed by atoms with E-state index < -0.39 is 5.60 Å². The molecular formula is C24H26N2OS. The summed E-state index contributed by atoms with van der Waals surface area (Å²) < 4.78 is 6.70. The fourth-order valence-corrected chi connectivity index (χ4v) is 3.46. The Kier molecular flexibility index (Phi) is 7.18. The number of ether oxygens (including phenoxy) is 1. The molecule has 0 bridgehead atoms. The molecule has 0 unspecified atom stereocenters. The van der Waals surface area contributed by atoms with E-state index in [0.717, 1.165) is 29.7 Å². The molecule has 0 spiro atoms. The van der Waals surface area contributed by atoms with Gasteiger partial charge in [0.2, 0.25) is 0 Å². The second-order valence-corrected chi connectivity index (χ2v) is 6.90. The van der Waals surface area contributed by atoms with Gasteiger partial charge in [0.25, 0.3) is 0 Å². The van der Waals surface area contributed by atoms with Crippen molar-refractivity contribution in [3.8, 4) is 0 Å². The van der Waals surface area contributed by atoms with Crippen molar-refractivity contribution in [3.63, 3.8) is 0 Å². The van der Waals surface area contributed by atoms with Crippen LogP contribution in [0.25, 0.3) is 0 Å². The number of rotatable bonds is 8. The van der Waals surface area contributed by atoms with Gasteiger partial charge in [-0.05, 0) is 35.3 Å². The maximum absolute atomic E-state index is 6.70. The molecule has 0 aliphatic heterocycles. The first kappa shape index (κ1) is 20.1. The molecule has 0 radical (unpaired) electrons. The molecule has 3 nitrogen and oxygen atoms in total. The SMILES string of the molecule is CNC(=S)NCCCOC(c1ccccc1)(c1ccccc1)c1ccccc1. The zero-order valence-electron chi connectivity index (χ0n) is 16.1. The lowest BCUT2D eigenvalue weighted by Gasteiger charge is -2.36. The molecule has 3 rings (SSSR count). The molecule has 0 atom stereocenters. The molecule has 0 amide bonds. The molecule has 144 valence electrons. The molecule has 0 heterocycles. The number of hydrogen-bond donors (Lipinski definition) is 2. The highest BCUT2D eigenvalue weighted by atomic mass is 32.1. The lowest BCUT2D eigenvalue weighted by molar-refractivity contribution is 0.0121. The summed E-state index contributed by atoms with van der Waals surface area (Å²) >= 11 is 5.14. The molecule has 0 saturated carbocycles. The van der Waals surface area contributed by atoms with E-state index in [0.29, 0.717) is 11.7 Å². The fraction of sp³-hybridized carbons (Fsp3) is 0.208. The van der Waals surface area contributed by atoms with Crippen LogP contribution in [0.4, 0.5) is 0 Å². The van der Waals surface area contributed by atoms with E-state index in [1.165, 1.54) is 0 Å². The molecule has 3 aromatic carbocycles. The molecule has 0 aromatic heterocycles. The topological polar surface area (TPSA) is 33.3 Å². The summed E-state index contributed by atoms with van der Waals surface area (Å²) in [6, 6.07) is 31.3. The first-order valence-corrected chi connectivity index (χ1v) is 9.94. The number of thiocarbonyl (C=S) groups is 1. The smallest absolute Gasteiger partial charge is 0.166 e. The van der Waals surface area contributed by atoms with Crippen LogP contribution in [-0.4, -0.2) is 25.3 Å². The average Bonchev–Trinajstić information content (AvgIpc) is 2.78. The first-order valence-electron chi connectivity index (χ1n) is 9.53. The predicted octanol–water partition coefficient (Wildman–Crippen LogP) is 4.48. The van der Waals surface area contributed by atoms with Crippen LogP contribution in [0.1, 0.15) is 23.1 Å². The zero-order valence-corrected chi connectivity index (χ0v) is 16.9. The molecule has 0 aliphatic carbocycles. The van der Waals surface area contributed by atoms with Gasteiger partial charge in [0.1, 0.15) is 5.60 Å². The molecular weight excluding hydrogens is 364 g/mol. The van der Waals surface area contributed by atoms with Gasteiger partial charge in [-0.2, -0.15) is 0 Å². The quantitative estimate of drug-likeness (QED) is 0.338. The van der Waals surface area contributed by atoms with Crippen LogP contribution >= 0.6 is 12.2 Å². The minimum atomic E-state index is -0.659. The van der Waals surface area contributed by atoms with Crippen molar-refractivity contribution in [3.05, 3.63) is 108 Å². The Morgan fingerprint density at radius 3 is 1.61 bits per heavy atom. The van der Waals surface area contributed by atoms with Crippen LogP contribution in [-0.2, 0) is 10.3 Å². The van der Waals surface area contributed by atoms with E-state index in [9.17, 15) is 0 Å². The standard InChI is InChI=1S/C24H26N2OS/c1-25-23(28)26-18-11-19-27-24(20-12-5-2-6-13-20,21-14-7-3-8-15-21)22-16-9-4-10-17-22/h2-10,12-17H,11,18-19H2,1H3,(H2,25,26,28). The Balaban J connectivity index is 1.96. The van der Waals surface area contributed by atoms with Gasteiger partial charge in [0, 0.05) is 13.6 Å². The maximum Gasteiger partial charge on any atom is 0.166 e. The second kappa shape index (κ2) is 10.0. The van der Waals surface area contributed by atoms with E-state index >= 15 is 0 Å². The van der Waals surface area contributed by atoms with Crippen LogP contribution in [0, 0.1) is 0 Å². The number of nitrogens with one attached hydrogen (secondary N) is 2. The van der Waals surface area contributed by atoms with Crippen molar-refractivity contribution in [1.82, 2.24) is 10.6 Å². The zero-order chi connectivity index (χ0) is 19.7. The Morgan fingerprint density at radius 1 is 0.786 bits per heavy atom. The Bertz CT molecular complexity index is 757. The van der Waals surface area contributed by atoms with Crippen molar-refractivity contribution < 1.29 is 4.74 Å². The third-order valence-corrected chi connectivity index (χ3v) is 5.04. The Hall–Kier alpha value is -2.69. The number of benzene rings is 3. The minimum Gasteiger partial charge on any atom is -0.366 e. The monoisotopic (exact) mass is 390 g/mol. The summed E-state index contributed by atoms with van der Waals surface area (Å²) in [4.78, 5) is 0. The van der Waals surface area contributed by atoms with Crippen LogP contribution in [0.15, 0.2) is 91.0 Å². The van der Waals surface area contributed by atoms with E-state index in [2.05, 4.69) is 83.4 Å². The van der Waals surface area contributed by atoms with Gasteiger partial charge < -0.3 is 15.4 Å². The van der Waals surface area contributed by atoms with E-state index in [4.69, 9.17) is 17.0 Å². The van der Waals surface area contributed by atoms with Crippen molar-refractivity contribution in [1.29, 1.82) is 0 Å². The Morgan fingerprint density at radius 2 is 1.21 bits per heavy atom. The molecule has 3 aromatic rings. The summed E-state index contributed by atoms with van der Waals surface area (Å²) in [6.07, 6.45) is 0.843. The summed E-state index contributed by atoms with van der Waals surface area (Å²) in [5.41, 5.74) is 2.69. The highest BCUT2D eigenvalue weighted by molar-refractivity contribution is 7.80. The van der Waals surface area contributed by atoms with Gasteiger partial charge in [-0.1, -0.05) is 91.0 Å². The fourth-order valence-electron chi connectivity index (χ4n) is 3.36. The molecule has 2 N–H and O–H groups in total. The van der Waals surface area contributed by atoms with Gasteiger partial charge in [-0.15, -0.1) is 0 Å². The minimum absolute atomic E-state index is 0.595. The third-order valence-electron chi connectivity index (χ3n) is 4.69. The van der Waals surface area contributed by atoms with Crippen LogP contribution < -0.4 is 10.6 Å². The van der Waals surface area contributed by atoms with Gasteiger partial charge in [0.15, 0.2) is 5.11 Å². The summed E-state index contributed by atoms with van der Waals surface area (Å²) in [6.45, 7) is 1.35. The van der Waals surface area contributed by atoms with Crippen molar-refractivity contribution in [2.45, 2.75) is 12.0 Å². The summed E-state index contributed by atoms with van der Waals surface area (Å²) in [5, 5.41) is 6.76. The third kappa shape index (κ3) is 4.58. The average molecular weight is 391 g/mol. The van der Waals surface area contributed by atoms with Crippen molar-refractivity contribution in [2.75, 3.05) is 20.2 Å². The van der Waals surface area contributed by atoms with E-state index in [1.807, 2.05) is 25.2 Å². The van der Waals surface area contributed by atoms with E-state index in [1.54, 1.807) is 0 Å². The van der Waals surface area contributed by atoms with E-state index in [-0.39, 0.29) is 0 Å². The highest BCUT2D eigenvalue weighted by Crippen LogP contribution is 2.40. The van der Waals surface area contributed by atoms with Crippen LogP contribution in [0.2, 0.25) is 0 Å². The molecule has 4 heteroatoms. The summed E-state index contributed by atoms with van der Waals surface area (Å²) in [5.74, 6) is 0. The Labute approximate surface area is 172 Å². The number of hydrogen-bond acceptors (Lipinski definition) is 2. The lowest BCUT2D eigenvalue weighted by Crippen LogP contribution is -2.35. The predicted molar refractivity (Wildman–Crippen MR) is 119 cm³/mol. The van der Waals surface area contributed by atoms with Gasteiger partial charge >= 0.3 is 0 Å². The summed E-state index contributed by atoms with van der Waals surface area (Å²) in [7, 11) is 1.82. The first-order chi connectivity index (χ1) is 13.8. The van der Waals surface area contributed by atoms with Crippen LogP contribution in [0.5, 0.6) is 0 Å². The maximum atomic E-state index is 6.70. The van der Waals surface area contributed by atoms with Gasteiger partial charge in [-0.3, -0.25) is 0 Å². The van der Waals surface area contributed by atoms with Crippen LogP contribution in [0.3, 0.4) is 0 Å². The van der Waals surface area contributed by atoms with Gasteiger partial charge in [-0.25, -0.2) is 0 Å². The van der Waals surface area contributed by atoms with Crippen molar-refractivity contribution >= 4 is 17.3 Å². The lowest BCUT2D eigenvalue weighted by atomic mass is 9.80. The molecule has 28 heavy (non-hydrogen) atoms. The second-order valence-electron chi connectivity index (χ2n) is 6.49. The van der Waals surface area contributed by atoms with Crippen molar-refractivity contribution in [2.24, 2.45) is 0 Å². The van der Waals surface area contributed by atoms with Gasteiger partial charge in [0.05, 0.1) is 6.61 Å².